The molecule has 3 atom stereocenters. The molecule has 0 saturated carbocycles. The summed E-state index contributed by atoms with van der Waals surface area (Å²) in [7, 11) is 0. The summed E-state index contributed by atoms with van der Waals surface area (Å²) in [5.74, 6) is 0.242. The van der Waals surface area contributed by atoms with Gasteiger partial charge in [-0.3, -0.25) is 4.57 Å². The number of nitrogen functional groups attached to an aromatic ring is 3. The van der Waals surface area contributed by atoms with Gasteiger partial charge >= 0.3 is 0 Å². The molecule has 3 rings (SSSR count). The molecule has 8 N–H and O–H groups in total. The third-order valence-corrected chi connectivity index (χ3v) is 3.28. The molecule has 2 aromatic rings. The van der Waals surface area contributed by atoms with Crippen LogP contribution in [0.15, 0.2) is 0 Å². The van der Waals surface area contributed by atoms with Crippen molar-refractivity contribution in [2.75, 3.05) is 23.8 Å². The highest BCUT2D eigenvalue weighted by Gasteiger charge is 2.36. The second-order valence-electron chi connectivity index (χ2n) is 4.59. The van der Waals surface area contributed by atoms with E-state index in [0.717, 1.165) is 0 Å². The van der Waals surface area contributed by atoms with Gasteiger partial charge in [0.25, 0.3) is 0 Å². The average molecular weight is 281 g/mol. The van der Waals surface area contributed by atoms with Gasteiger partial charge in [-0.2, -0.15) is 9.97 Å². The highest BCUT2D eigenvalue weighted by molar-refractivity contribution is 5.85. The fraction of sp³-hybridized carbons (Fsp3) is 0.500. The van der Waals surface area contributed by atoms with E-state index in [1.165, 1.54) is 4.57 Å². The van der Waals surface area contributed by atoms with Crippen LogP contribution in [0.2, 0.25) is 0 Å². The molecule has 0 aromatic carbocycles. The summed E-state index contributed by atoms with van der Waals surface area (Å²) in [6, 6.07) is 0. The Morgan fingerprint density at radius 3 is 2.65 bits per heavy atom. The second kappa shape index (κ2) is 4.44. The van der Waals surface area contributed by atoms with Crippen molar-refractivity contribution in [1.29, 1.82) is 0 Å². The van der Waals surface area contributed by atoms with Gasteiger partial charge in [0.05, 0.1) is 12.7 Å². The van der Waals surface area contributed by atoms with Crippen molar-refractivity contribution in [2.45, 2.75) is 24.9 Å². The summed E-state index contributed by atoms with van der Waals surface area (Å²) in [5.41, 5.74) is 17.8. The van der Waals surface area contributed by atoms with Crippen molar-refractivity contribution >= 4 is 28.9 Å². The van der Waals surface area contributed by atoms with Crippen molar-refractivity contribution < 1.29 is 14.9 Å². The monoisotopic (exact) mass is 281 g/mol. The number of aromatic nitrogens is 4. The van der Waals surface area contributed by atoms with Gasteiger partial charge < -0.3 is 32.2 Å². The first kappa shape index (κ1) is 12.8. The molecule has 0 unspecified atom stereocenters. The van der Waals surface area contributed by atoms with Crippen LogP contribution in [0.1, 0.15) is 12.6 Å². The van der Waals surface area contributed by atoms with Gasteiger partial charge in [0.1, 0.15) is 12.3 Å². The lowest BCUT2D eigenvalue weighted by Crippen LogP contribution is -2.24. The van der Waals surface area contributed by atoms with E-state index in [4.69, 9.17) is 27.0 Å². The van der Waals surface area contributed by atoms with E-state index < -0.39 is 18.4 Å². The summed E-state index contributed by atoms with van der Waals surface area (Å²) >= 11 is 0. The van der Waals surface area contributed by atoms with Gasteiger partial charge in [-0.1, -0.05) is 0 Å². The quantitative estimate of drug-likeness (QED) is 0.426. The number of hydrogen-bond donors (Lipinski definition) is 5. The second-order valence-corrected chi connectivity index (χ2v) is 4.59. The van der Waals surface area contributed by atoms with E-state index in [1.807, 2.05) is 0 Å². The van der Waals surface area contributed by atoms with Crippen LogP contribution in [0, 0.1) is 0 Å². The van der Waals surface area contributed by atoms with Crippen molar-refractivity contribution in [3.05, 3.63) is 0 Å². The zero-order chi connectivity index (χ0) is 14.4. The van der Waals surface area contributed by atoms with E-state index in [1.54, 1.807) is 0 Å². The maximum Gasteiger partial charge on any atom is 0.224 e. The standard InChI is InChI=1S/C10H15N7O3/c11-7-6-8(16-9(12)15-7)17(10(13)14-6)5-1-3(19)4(2-18)20-5/h3-5,18-19H,1-2H2,(H2,13,14)(H4,11,12,15,16)/t3-,4+,5+/m0/s1. The maximum absolute atomic E-state index is 9.79. The molecule has 3 heterocycles. The molecule has 10 nitrogen and oxygen atoms in total. The highest BCUT2D eigenvalue weighted by Crippen LogP contribution is 2.33. The Bertz CT molecular complexity index is 658. The molecule has 1 aliphatic heterocycles. The van der Waals surface area contributed by atoms with Gasteiger partial charge in [0.2, 0.25) is 11.9 Å². The lowest BCUT2D eigenvalue weighted by molar-refractivity contribution is -0.0425. The van der Waals surface area contributed by atoms with Crippen molar-refractivity contribution in [2.24, 2.45) is 0 Å². The minimum Gasteiger partial charge on any atom is -0.394 e. The zero-order valence-electron chi connectivity index (χ0n) is 10.5. The topological polar surface area (TPSA) is 171 Å². The van der Waals surface area contributed by atoms with Crippen LogP contribution in [-0.4, -0.2) is 48.5 Å². The molecule has 0 aliphatic carbocycles. The lowest BCUT2D eigenvalue weighted by atomic mass is 10.2. The van der Waals surface area contributed by atoms with Gasteiger partial charge in [0.15, 0.2) is 17.0 Å². The average Bonchev–Trinajstić information content (AvgIpc) is 2.89. The molecule has 1 fully saturated rings. The summed E-state index contributed by atoms with van der Waals surface area (Å²) in [6.07, 6.45) is -1.81. The minimum absolute atomic E-state index is 0.00611. The molecule has 0 spiro atoms. The van der Waals surface area contributed by atoms with Gasteiger partial charge in [-0.15, -0.1) is 0 Å². The molecule has 108 valence electrons. The molecule has 0 bridgehead atoms. The number of rotatable bonds is 2. The normalized spacial score (nSPS) is 26.4. The molecular weight excluding hydrogens is 266 g/mol. The molecule has 10 heteroatoms. The fourth-order valence-corrected chi connectivity index (χ4v) is 2.35. The van der Waals surface area contributed by atoms with Crippen LogP contribution in [0.25, 0.3) is 11.2 Å². The number of ether oxygens (including phenoxy) is 1. The van der Waals surface area contributed by atoms with Crippen molar-refractivity contribution in [1.82, 2.24) is 19.5 Å². The smallest absolute Gasteiger partial charge is 0.224 e. The number of aliphatic hydroxyl groups is 2. The van der Waals surface area contributed by atoms with E-state index in [2.05, 4.69) is 15.0 Å². The van der Waals surface area contributed by atoms with Crippen LogP contribution in [0.4, 0.5) is 17.7 Å². The Morgan fingerprint density at radius 2 is 2.00 bits per heavy atom. The number of nitrogens with two attached hydrogens (primary N) is 3. The van der Waals surface area contributed by atoms with E-state index >= 15 is 0 Å². The lowest BCUT2D eigenvalue weighted by Gasteiger charge is -2.15. The summed E-state index contributed by atoms with van der Waals surface area (Å²) in [4.78, 5) is 12.0. The zero-order valence-corrected chi connectivity index (χ0v) is 10.5. The van der Waals surface area contributed by atoms with Crippen LogP contribution >= 0.6 is 0 Å². The summed E-state index contributed by atoms with van der Waals surface area (Å²) in [6.45, 7) is -0.288. The summed E-state index contributed by atoms with van der Waals surface area (Å²) < 4.78 is 7.03. The Hall–Kier alpha value is -2.17. The number of imidazole rings is 1. The van der Waals surface area contributed by atoms with Crippen molar-refractivity contribution in [3.63, 3.8) is 0 Å². The van der Waals surface area contributed by atoms with Crippen molar-refractivity contribution in [3.8, 4) is 0 Å². The molecular formula is C10H15N7O3. The molecule has 0 amide bonds. The Balaban J connectivity index is 2.10. The predicted octanol–water partition coefficient (Wildman–Crippen LogP) is -1.79. The Kier molecular flexibility index (Phi) is 2.85. The number of hydrogen-bond acceptors (Lipinski definition) is 9. The maximum atomic E-state index is 9.79. The number of nitrogens with zero attached hydrogens (tertiary/aromatic N) is 4. The van der Waals surface area contributed by atoms with E-state index in [0.29, 0.717) is 11.2 Å². The van der Waals surface area contributed by atoms with Gasteiger partial charge in [0, 0.05) is 6.42 Å². The fourth-order valence-electron chi connectivity index (χ4n) is 2.35. The molecule has 20 heavy (non-hydrogen) atoms. The van der Waals surface area contributed by atoms with Crippen LogP contribution in [-0.2, 0) is 4.74 Å². The van der Waals surface area contributed by atoms with Crippen LogP contribution in [0.5, 0.6) is 0 Å². The number of aliphatic hydroxyl groups excluding tert-OH is 2. The first-order chi connectivity index (χ1) is 9.51. The summed E-state index contributed by atoms with van der Waals surface area (Å²) in [5, 5.41) is 18.9. The molecule has 1 aliphatic rings. The largest absolute Gasteiger partial charge is 0.394 e. The van der Waals surface area contributed by atoms with Crippen LogP contribution < -0.4 is 17.2 Å². The third kappa shape index (κ3) is 1.81. The SMILES string of the molecule is Nc1nc(N)c2nc(N)n([C@H]3C[C@H](O)[C@@H](CO)O3)c2n1. The Morgan fingerprint density at radius 1 is 1.25 bits per heavy atom. The number of fused-ring (bicyclic) bond motifs is 1. The van der Waals surface area contributed by atoms with E-state index in [-0.39, 0.29) is 30.7 Å². The molecule has 1 saturated heterocycles. The van der Waals surface area contributed by atoms with E-state index in [9.17, 15) is 5.11 Å². The van der Waals surface area contributed by atoms with Crippen LogP contribution in [0.3, 0.4) is 0 Å². The first-order valence-electron chi connectivity index (χ1n) is 6.02. The van der Waals surface area contributed by atoms with Gasteiger partial charge in [-0.25, -0.2) is 4.98 Å². The first-order valence-corrected chi connectivity index (χ1v) is 6.02. The molecule has 2 aromatic heterocycles. The third-order valence-electron chi connectivity index (χ3n) is 3.28. The predicted molar refractivity (Wildman–Crippen MR) is 70.2 cm³/mol. The highest BCUT2D eigenvalue weighted by atomic mass is 16.5. The van der Waals surface area contributed by atoms with Gasteiger partial charge in [-0.05, 0) is 0 Å². The number of anilines is 3. The molecule has 0 radical (unpaired) electrons. The Labute approximate surface area is 113 Å². The minimum atomic E-state index is -0.793.